The summed E-state index contributed by atoms with van der Waals surface area (Å²) in [5, 5.41) is 0. The lowest BCUT2D eigenvalue weighted by atomic mass is 10.3. The Bertz CT molecular complexity index is 131. The minimum absolute atomic E-state index is 0.627. The van der Waals surface area contributed by atoms with E-state index in [4.69, 9.17) is 0 Å². The van der Waals surface area contributed by atoms with E-state index in [1.807, 2.05) is 0 Å². The molecule has 1 aliphatic rings. The molecule has 0 radical (unpaired) electrons. The van der Waals surface area contributed by atoms with Gasteiger partial charge in [0.1, 0.15) is 0 Å². The molecule has 0 bridgehead atoms. The number of nitrogens with zero attached hydrogens (tertiary/aromatic N) is 2. The van der Waals surface area contributed by atoms with Crippen molar-refractivity contribution in [3.05, 3.63) is 12.4 Å². The van der Waals surface area contributed by atoms with Crippen LogP contribution in [0.2, 0.25) is 0 Å². The fourth-order valence-electron chi connectivity index (χ4n) is 1.15. The Kier molecular flexibility index (Phi) is 1.39. The summed E-state index contributed by atoms with van der Waals surface area (Å²) < 4.78 is 0. The molecule has 1 aliphatic heterocycles. The summed E-state index contributed by atoms with van der Waals surface area (Å²) in [6.07, 6.45) is 0. The van der Waals surface area contributed by atoms with Crippen LogP contribution in [0.3, 0.4) is 0 Å². The van der Waals surface area contributed by atoms with Gasteiger partial charge in [0.25, 0.3) is 0 Å². The second kappa shape index (κ2) is 1.94. The van der Waals surface area contributed by atoms with Gasteiger partial charge in [-0.05, 0) is 6.92 Å². The van der Waals surface area contributed by atoms with Gasteiger partial charge in [-0.2, -0.15) is 0 Å². The molecule has 0 aromatic rings. The van der Waals surface area contributed by atoms with Gasteiger partial charge < -0.3 is 9.80 Å². The van der Waals surface area contributed by atoms with E-state index in [-0.39, 0.29) is 0 Å². The molecule has 9 heavy (non-hydrogen) atoms. The second-order valence-electron chi connectivity index (χ2n) is 2.76. The maximum Gasteiger partial charge on any atom is 0.0963 e. The summed E-state index contributed by atoms with van der Waals surface area (Å²) in [7, 11) is 4.15. The minimum atomic E-state index is 0.627. The molecule has 0 spiro atoms. The van der Waals surface area contributed by atoms with Gasteiger partial charge in [0.05, 0.1) is 5.82 Å². The van der Waals surface area contributed by atoms with Crippen LogP contribution in [0.25, 0.3) is 0 Å². The number of likely N-dealkylation sites (N-methyl/N-ethyl adjacent to an activating group) is 2. The minimum Gasteiger partial charge on any atom is -0.360 e. The summed E-state index contributed by atoms with van der Waals surface area (Å²) in [5.41, 5.74) is 0. The Morgan fingerprint density at radius 2 is 2.11 bits per heavy atom. The van der Waals surface area contributed by atoms with Crippen molar-refractivity contribution < 1.29 is 0 Å². The Balaban J connectivity index is 2.65. The lowest BCUT2D eigenvalue weighted by Gasteiger charge is -2.17. The van der Waals surface area contributed by atoms with Crippen molar-refractivity contribution in [2.75, 3.05) is 20.6 Å². The first kappa shape index (κ1) is 6.46. The lowest BCUT2D eigenvalue weighted by molar-refractivity contribution is 0.382. The van der Waals surface area contributed by atoms with Crippen LogP contribution in [0.5, 0.6) is 0 Å². The predicted molar refractivity (Wildman–Crippen MR) is 39.0 cm³/mol. The van der Waals surface area contributed by atoms with E-state index in [0.717, 1.165) is 12.4 Å². The van der Waals surface area contributed by atoms with Gasteiger partial charge >= 0.3 is 0 Å². The van der Waals surface area contributed by atoms with E-state index in [0.29, 0.717) is 6.04 Å². The van der Waals surface area contributed by atoms with Gasteiger partial charge in [-0.25, -0.2) is 0 Å². The van der Waals surface area contributed by atoms with Gasteiger partial charge in [-0.3, -0.25) is 0 Å². The third kappa shape index (κ3) is 0.889. The van der Waals surface area contributed by atoms with E-state index < -0.39 is 0 Å². The van der Waals surface area contributed by atoms with Gasteiger partial charge in [0.15, 0.2) is 0 Å². The summed E-state index contributed by atoms with van der Waals surface area (Å²) in [6, 6.07) is 0.627. The number of hydrogen-bond donors (Lipinski definition) is 0. The van der Waals surface area contributed by atoms with Crippen LogP contribution < -0.4 is 0 Å². The van der Waals surface area contributed by atoms with Crippen molar-refractivity contribution in [1.29, 1.82) is 0 Å². The standard InChI is InChI=1S/C7H14N2/c1-6-5-8(3)7(2)9(6)4/h6H,2,5H2,1,3-4H3. The monoisotopic (exact) mass is 126 g/mol. The maximum atomic E-state index is 3.92. The Labute approximate surface area is 56.8 Å². The fourth-order valence-corrected chi connectivity index (χ4v) is 1.15. The van der Waals surface area contributed by atoms with Crippen molar-refractivity contribution in [3.8, 4) is 0 Å². The number of rotatable bonds is 0. The van der Waals surface area contributed by atoms with Crippen molar-refractivity contribution >= 4 is 0 Å². The molecule has 2 heteroatoms. The molecule has 0 amide bonds. The Morgan fingerprint density at radius 3 is 2.22 bits per heavy atom. The fraction of sp³-hybridized carbons (Fsp3) is 0.714. The van der Waals surface area contributed by atoms with Gasteiger partial charge in [0, 0.05) is 26.7 Å². The molecule has 1 rings (SSSR count). The molecule has 0 aromatic heterocycles. The first-order valence-electron chi connectivity index (χ1n) is 3.26. The van der Waals surface area contributed by atoms with Crippen LogP contribution >= 0.6 is 0 Å². The molecule has 1 heterocycles. The van der Waals surface area contributed by atoms with Crippen molar-refractivity contribution in [2.24, 2.45) is 0 Å². The van der Waals surface area contributed by atoms with Crippen molar-refractivity contribution in [2.45, 2.75) is 13.0 Å². The molecule has 1 saturated heterocycles. The molecule has 52 valence electrons. The average Bonchev–Trinajstić information content (AvgIpc) is 1.98. The van der Waals surface area contributed by atoms with Gasteiger partial charge in [-0.1, -0.05) is 6.58 Å². The zero-order chi connectivity index (χ0) is 7.02. The second-order valence-corrected chi connectivity index (χ2v) is 2.76. The quantitative estimate of drug-likeness (QED) is 0.472. The molecule has 1 unspecified atom stereocenters. The summed E-state index contributed by atoms with van der Waals surface area (Å²) in [6.45, 7) is 7.23. The zero-order valence-electron chi connectivity index (χ0n) is 6.39. The van der Waals surface area contributed by atoms with Crippen molar-refractivity contribution in [3.63, 3.8) is 0 Å². The normalized spacial score (nSPS) is 27.9. The van der Waals surface area contributed by atoms with Crippen LogP contribution in [-0.2, 0) is 0 Å². The SMILES string of the molecule is C=C1N(C)CC(C)N1C. The molecule has 0 N–H and O–H groups in total. The molecule has 0 aromatic carbocycles. The highest BCUT2D eigenvalue weighted by Gasteiger charge is 2.22. The van der Waals surface area contributed by atoms with Gasteiger partial charge in [0.2, 0.25) is 0 Å². The van der Waals surface area contributed by atoms with Crippen LogP contribution in [0, 0.1) is 0 Å². The summed E-state index contributed by atoms with van der Waals surface area (Å²) in [5.74, 6) is 1.13. The third-order valence-corrected chi connectivity index (χ3v) is 2.05. The van der Waals surface area contributed by atoms with Crippen LogP contribution in [0.15, 0.2) is 12.4 Å². The van der Waals surface area contributed by atoms with Crippen LogP contribution in [0.4, 0.5) is 0 Å². The molecule has 0 saturated carbocycles. The van der Waals surface area contributed by atoms with Gasteiger partial charge in [-0.15, -0.1) is 0 Å². The molecule has 1 atom stereocenters. The molecule has 0 aliphatic carbocycles. The summed E-state index contributed by atoms with van der Waals surface area (Å²) >= 11 is 0. The summed E-state index contributed by atoms with van der Waals surface area (Å²) in [4.78, 5) is 4.37. The molecule has 2 nitrogen and oxygen atoms in total. The lowest BCUT2D eigenvalue weighted by Crippen LogP contribution is -2.21. The van der Waals surface area contributed by atoms with E-state index >= 15 is 0 Å². The largest absolute Gasteiger partial charge is 0.360 e. The third-order valence-electron chi connectivity index (χ3n) is 2.05. The topological polar surface area (TPSA) is 6.48 Å². The van der Waals surface area contributed by atoms with Crippen molar-refractivity contribution in [1.82, 2.24) is 9.80 Å². The Hall–Kier alpha value is -0.660. The molecule has 1 fully saturated rings. The highest BCUT2D eigenvalue weighted by Crippen LogP contribution is 2.16. The van der Waals surface area contributed by atoms with E-state index in [2.05, 4.69) is 37.4 Å². The molecular weight excluding hydrogens is 112 g/mol. The average molecular weight is 126 g/mol. The van der Waals surface area contributed by atoms with E-state index in [9.17, 15) is 0 Å². The first-order chi connectivity index (χ1) is 4.13. The highest BCUT2D eigenvalue weighted by atomic mass is 15.4. The first-order valence-corrected chi connectivity index (χ1v) is 3.26. The van der Waals surface area contributed by atoms with E-state index in [1.54, 1.807) is 0 Å². The zero-order valence-corrected chi connectivity index (χ0v) is 6.39. The highest BCUT2D eigenvalue weighted by molar-refractivity contribution is 5.00. The predicted octanol–water partition coefficient (Wildman–Crippen LogP) is 0.723. The maximum absolute atomic E-state index is 3.92. The van der Waals surface area contributed by atoms with Crippen LogP contribution in [-0.4, -0.2) is 36.5 Å². The van der Waals surface area contributed by atoms with E-state index in [1.165, 1.54) is 0 Å². The van der Waals surface area contributed by atoms with Crippen LogP contribution in [0.1, 0.15) is 6.92 Å². The Morgan fingerprint density at radius 1 is 1.56 bits per heavy atom. The smallest absolute Gasteiger partial charge is 0.0963 e. The molecular formula is C7H14N2. The number of hydrogen-bond acceptors (Lipinski definition) is 2.